The SMILES string of the molecule is CC(C)C(C)N(C)C(C)C(=O)Nc1ccc(F)c(N)c1. The molecular formula is C15H24FN3O. The Bertz CT molecular complexity index is 476. The molecule has 0 fully saturated rings. The number of amides is 1. The summed E-state index contributed by atoms with van der Waals surface area (Å²) in [5.74, 6) is -0.163. The average molecular weight is 281 g/mol. The Morgan fingerprint density at radius 3 is 2.40 bits per heavy atom. The molecule has 2 atom stereocenters. The summed E-state index contributed by atoms with van der Waals surface area (Å²) in [7, 11) is 1.92. The van der Waals surface area contributed by atoms with Gasteiger partial charge in [0.05, 0.1) is 11.7 Å². The fourth-order valence-corrected chi connectivity index (χ4v) is 1.88. The first-order valence-electron chi connectivity index (χ1n) is 6.81. The lowest BCUT2D eigenvalue weighted by atomic mass is 10.0. The largest absolute Gasteiger partial charge is 0.396 e. The molecule has 1 aromatic rings. The lowest BCUT2D eigenvalue weighted by Crippen LogP contribution is -2.46. The maximum absolute atomic E-state index is 13.1. The summed E-state index contributed by atoms with van der Waals surface area (Å²) in [6.07, 6.45) is 0. The number of carbonyl (C=O) groups excluding carboxylic acids is 1. The van der Waals surface area contributed by atoms with Crippen molar-refractivity contribution in [1.82, 2.24) is 4.90 Å². The van der Waals surface area contributed by atoms with Gasteiger partial charge in [0.1, 0.15) is 5.82 Å². The normalized spacial score (nSPS) is 14.4. The van der Waals surface area contributed by atoms with Crippen LogP contribution in [0.25, 0.3) is 0 Å². The highest BCUT2D eigenvalue weighted by Crippen LogP contribution is 2.18. The maximum atomic E-state index is 13.1. The molecule has 0 aliphatic rings. The Labute approximate surface area is 120 Å². The highest BCUT2D eigenvalue weighted by molar-refractivity contribution is 5.94. The zero-order valence-corrected chi connectivity index (χ0v) is 12.8. The second-order valence-corrected chi connectivity index (χ2v) is 5.55. The Morgan fingerprint density at radius 1 is 1.30 bits per heavy atom. The summed E-state index contributed by atoms with van der Waals surface area (Å²) in [6.45, 7) is 8.17. The third-order valence-corrected chi connectivity index (χ3v) is 3.86. The summed E-state index contributed by atoms with van der Waals surface area (Å²) in [6, 6.07) is 4.18. The van der Waals surface area contributed by atoms with Gasteiger partial charge in [-0.15, -0.1) is 0 Å². The predicted molar refractivity (Wildman–Crippen MR) is 81.0 cm³/mol. The van der Waals surface area contributed by atoms with E-state index in [0.29, 0.717) is 11.6 Å². The first kappa shape index (κ1) is 16.4. The van der Waals surface area contributed by atoms with Gasteiger partial charge in [0.15, 0.2) is 0 Å². The summed E-state index contributed by atoms with van der Waals surface area (Å²) in [5.41, 5.74) is 6.02. The number of hydrogen-bond acceptors (Lipinski definition) is 3. The zero-order chi connectivity index (χ0) is 15.4. The molecule has 0 radical (unpaired) electrons. The van der Waals surface area contributed by atoms with Crippen LogP contribution in [0.4, 0.5) is 15.8 Å². The number of anilines is 2. The van der Waals surface area contributed by atoms with Crippen molar-refractivity contribution in [2.75, 3.05) is 18.1 Å². The lowest BCUT2D eigenvalue weighted by molar-refractivity contribution is -0.121. The van der Waals surface area contributed by atoms with Gasteiger partial charge in [-0.05, 0) is 45.0 Å². The van der Waals surface area contributed by atoms with Crippen molar-refractivity contribution in [3.8, 4) is 0 Å². The Kier molecular flexibility index (Phi) is 5.51. The molecule has 0 spiro atoms. The number of rotatable bonds is 5. The van der Waals surface area contributed by atoms with Crippen LogP contribution < -0.4 is 11.1 Å². The van der Waals surface area contributed by atoms with E-state index in [2.05, 4.69) is 26.1 Å². The van der Waals surface area contributed by atoms with E-state index in [1.54, 1.807) is 0 Å². The number of benzene rings is 1. The monoisotopic (exact) mass is 281 g/mol. The van der Waals surface area contributed by atoms with Crippen molar-refractivity contribution in [2.24, 2.45) is 5.92 Å². The van der Waals surface area contributed by atoms with Gasteiger partial charge < -0.3 is 11.1 Å². The quantitative estimate of drug-likeness (QED) is 0.816. The average Bonchev–Trinajstić information content (AvgIpc) is 2.40. The van der Waals surface area contributed by atoms with Gasteiger partial charge in [-0.25, -0.2) is 4.39 Å². The van der Waals surface area contributed by atoms with Gasteiger partial charge in [-0.1, -0.05) is 13.8 Å². The number of halogens is 1. The number of carbonyl (C=O) groups is 1. The summed E-state index contributed by atoms with van der Waals surface area (Å²) in [5, 5.41) is 2.76. The van der Waals surface area contributed by atoms with Crippen molar-refractivity contribution < 1.29 is 9.18 Å². The molecule has 0 aliphatic heterocycles. The van der Waals surface area contributed by atoms with E-state index in [0.717, 1.165) is 0 Å². The van der Waals surface area contributed by atoms with Gasteiger partial charge in [-0.3, -0.25) is 9.69 Å². The summed E-state index contributed by atoms with van der Waals surface area (Å²) < 4.78 is 13.1. The molecule has 0 aliphatic carbocycles. The Morgan fingerprint density at radius 2 is 1.90 bits per heavy atom. The molecule has 4 nitrogen and oxygen atoms in total. The lowest BCUT2D eigenvalue weighted by Gasteiger charge is -2.32. The van der Waals surface area contributed by atoms with Gasteiger partial charge in [0.2, 0.25) is 5.91 Å². The van der Waals surface area contributed by atoms with Crippen molar-refractivity contribution >= 4 is 17.3 Å². The van der Waals surface area contributed by atoms with E-state index in [-0.39, 0.29) is 23.7 Å². The van der Waals surface area contributed by atoms with Crippen LogP contribution in [0.3, 0.4) is 0 Å². The van der Waals surface area contributed by atoms with E-state index in [9.17, 15) is 9.18 Å². The highest BCUT2D eigenvalue weighted by atomic mass is 19.1. The number of nitrogens with zero attached hydrogens (tertiary/aromatic N) is 1. The molecule has 112 valence electrons. The van der Waals surface area contributed by atoms with E-state index in [4.69, 9.17) is 5.73 Å². The van der Waals surface area contributed by atoms with Crippen LogP contribution in [0.15, 0.2) is 18.2 Å². The molecule has 0 heterocycles. The van der Waals surface area contributed by atoms with Crippen LogP contribution in [-0.2, 0) is 4.79 Å². The topological polar surface area (TPSA) is 58.4 Å². The highest BCUT2D eigenvalue weighted by Gasteiger charge is 2.24. The van der Waals surface area contributed by atoms with E-state index in [1.807, 2.05) is 18.9 Å². The predicted octanol–water partition coefficient (Wildman–Crippen LogP) is 2.71. The second-order valence-electron chi connectivity index (χ2n) is 5.55. The van der Waals surface area contributed by atoms with E-state index in [1.165, 1.54) is 18.2 Å². The molecular weight excluding hydrogens is 257 g/mol. The van der Waals surface area contributed by atoms with Crippen molar-refractivity contribution in [1.29, 1.82) is 0 Å². The number of nitrogens with two attached hydrogens (primary N) is 1. The number of nitrogens with one attached hydrogen (secondary N) is 1. The molecule has 0 saturated heterocycles. The van der Waals surface area contributed by atoms with Gasteiger partial charge in [0.25, 0.3) is 0 Å². The van der Waals surface area contributed by atoms with E-state index < -0.39 is 5.82 Å². The van der Waals surface area contributed by atoms with Gasteiger partial charge in [0, 0.05) is 11.7 Å². The smallest absolute Gasteiger partial charge is 0.241 e. The van der Waals surface area contributed by atoms with Crippen LogP contribution in [-0.4, -0.2) is 29.9 Å². The molecule has 1 rings (SSSR count). The molecule has 1 aromatic carbocycles. The fourth-order valence-electron chi connectivity index (χ4n) is 1.88. The molecule has 20 heavy (non-hydrogen) atoms. The summed E-state index contributed by atoms with van der Waals surface area (Å²) in [4.78, 5) is 14.2. The molecule has 0 aromatic heterocycles. The molecule has 1 amide bonds. The summed E-state index contributed by atoms with van der Waals surface area (Å²) >= 11 is 0. The fraction of sp³-hybridized carbons (Fsp3) is 0.533. The van der Waals surface area contributed by atoms with E-state index >= 15 is 0 Å². The number of likely N-dealkylation sites (N-methyl/N-ethyl adjacent to an activating group) is 1. The molecule has 2 unspecified atom stereocenters. The first-order valence-corrected chi connectivity index (χ1v) is 6.81. The van der Waals surface area contributed by atoms with Crippen LogP contribution in [0, 0.1) is 11.7 Å². The first-order chi connectivity index (χ1) is 9.23. The third kappa shape index (κ3) is 3.93. The van der Waals surface area contributed by atoms with Crippen molar-refractivity contribution in [3.63, 3.8) is 0 Å². The molecule has 5 heteroatoms. The molecule has 0 saturated carbocycles. The molecule has 0 bridgehead atoms. The van der Waals surface area contributed by atoms with Crippen LogP contribution in [0.1, 0.15) is 27.7 Å². The standard InChI is InChI=1S/C15H24FN3O/c1-9(2)10(3)19(5)11(4)15(20)18-12-6-7-13(16)14(17)8-12/h6-11H,17H2,1-5H3,(H,18,20). The Balaban J connectivity index is 2.72. The van der Waals surface area contributed by atoms with Crippen molar-refractivity contribution in [3.05, 3.63) is 24.0 Å². The number of nitrogen functional groups attached to an aromatic ring is 1. The second kappa shape index (κ2) is 6.70. The van der Waals surface area contributed by atoms with Crippen LogP contribution in [0.5, 0.6) is 0 Å². The van der Waals surface area contributed by atoms with Gasteiger partial charge >= 0.3 is 0 Å². The third-order valence-electron chi connectivity index (χ3n) is 3.86. The molecule has 3 N–H and O–H groups in total. The minimum atomic E-state index is -0.485. The van der Waals surface area contributed by atoms with Crippen molar-refractivity contribution in [2.45, 2.75) is 39.8 Å². The van der Waals surface area contributed by atoms with Crippen LogP contribution in [0.2, 0.25) is 0 Å². The zero-order valence-electron chi connectivity index (χ0n) is 12.8. The minimum absolute atomic E-state index is 0.0272. The number of hydrogen-bond donors (Lipinski definition) is 2. The Hall–Kier alpha value is -1.62. The maximum Gasteiger partial charge on any atom is 0.241 e. The van der Waals surface area contributed by atoms with Crippen LogP contribution >= 0.6 is 0 Å². The van der Waals surface area contributed by atoms with Gasteiger partial charge in [-0.2, -0.15) is 0 Å². The minimum Gasteiger partial charge on any atom is -0.396 e.